The molecule has 1 aromatic carbocycles. The lowest BCUT2D eigenvalue weighted by molar-refractivity contribution is -0.104. The van der Waals surface area contributed by atoms with Crippen LogP contribution in [0.25, 0.3) is 0 Å². The number of allylic oxidation sites excluding steroid dienone is 1. The average Bonchev–Trinajstić information content (AvgIpc) is 2.18. The van der Waals surface area contributed by atoms with Crippen LogP contribution < -0.4 is 5.32 Å². The highest BCUT2D eigenvalue weighted by Gasteiger charge is 1.97. The summed E-state index contributed by atoms with van der Waals surface area (Å²) in [5.41, 5.74) is 0.605. The van der Waals surface area contributed by atoms with Crippen molar-refractivity contribution in [3.8, 4) is 6.07 Å². The van der Waals surface area contributed by atoms with Crippen molar-refractivity contribution in [1.29, 1.82) is 5.26 Å². The number of rotatable bonds is 3. The Labute approximate surface area is 96.9 Å². The maximum absolute atomic E-state index is 10.3. The van der Waals surface area contributed by atoms with Gasteiger partial charge in [0, 0.05) is 21.9 Å². The fourth-order valence-corrected chi connectivity index (χ4v) is 1.42. The van der Waals surface area contributed by atoms with Crippen LogP contribution in [0.2, 0.25) is 10.0 Å². The topological polar surface area (TPSA) is 52.9 Å². The Hall–Kier alpha value is -1.50. The summed E-state index contributed by atoms with van der Waals surface area (Å²) >= 11 is 11.5. The minimum absolute atomic E-state index is 0.00824. The molecule has 3 nitrogen and oxygen atoms in total. The number of anilines is 1. The summed E-state index contributed by atoms with van der Waals surface area (Å²) in [5.74, 6) is 0. The van der Waals surface area contributed by atoms with Crippen LogP contribution >= 0.6 is 23.2 Å². The van der Waals surface area contributed by atoms with Crippen molar-refractivity contribution in [3.63, 3.8) is 0 Å². The van der Waals surface area contributed by atoms with Gasteiger partial charge in [-0.15, -0.1) is 0 Å². The van der Waals surface area contributed by atoms with Crippen LogP contribution in [0.4, 0.5) is 5.69 Å². The molecule has 0 atom stereocenters. The predicted molar refractivity (Wildman–Crippen MR) is 59.8 cm³/mol. The fourth-order valence-electron chi connectivity index (χ4n) is 0.891. The first-order valence-corrected chi connectivity index (χ1v) is 4.69. The van der Waals surface area contributed by atoms with E-state index in [-0.39, 0.29) is 5.57 Å². The maximum atomic E-state index is 10.3. The number of hydrogen-bond donors (Lipinski definition) is 1. The van der Waals surface area contributed by atoms with Gasteiger partial charge in [-0.2, -0.15) is 5.26 Å². The van der Waals surface area contributed by atoms with Crippen molar-refractivity contribution >= 4 is 35.2 Å². The number of nitrogens with zero attached hydrogens (tertiary/aromatic N) is 1. The summed E-state index contributed by atoms with van der Waals surface area (Å²) in [4.78, 5) is 10.3. The Balaban J connectivity index is 2.86. The number of nitrogens with one attached hydrogen (secondary N) is 1. The molecule has 0 amide bonds. The summed E-state index contributed by atoms with van der Waals surface area (Å²) in [6.45, 7) is 0. The number of carbonyl (C=O) groups excluding carboxylic acids is 1. The van der Waals surface area contributed by atoms with Crippen molar-refractivity contribution in [2.75, 3.05) is 5.32 Å². The molecule has 0 saturated heterocycles. The van der Waals surface area contributed by atoms with Gasteiger partial charge in [0.05, 0.1) is 0 Å². The molecular formula is C10H6Cl2N2O. The molecule has 1 aromatic rings. The first kappa shape index (κ1) is 11.6. The van der Waals surface area contributed by atoms with Crippen molar-refractivity contribution < 1.29 is 4.79 Å². The number of nitriles is 1. The minimum Gasteiger partial charge on any atom is -0.360 e. The molecule has 0 radical (unpaired) electrons. The molecule has 0 unspecified atom stereocenters. The largest absolute Gasteiger partial charge is 0.360 e. The summed E-state index contributed by atoms with van der Waals surface area (Å²) in [7, 11) is 0. The van der Waals surface area contributed by atoms with Crippen LogP contribution in [-0.2, 0) is 4.79 Å². The van der Waals surface area contributed by atoms with Crippen LogP contribution in [0, 0.1) is 11.3 Å². The summed E-state index contributed by atoms with van der Waals surface area (Å²) < 4.78 is 0. The second-order valence-electron chi connectivity index (χ2n) is 2.63. The van der Waals surface area contributed by atoms with Gasteiger partial charge in [-0.1, -0.05) is 23.2 Å². The molecule has 0 aliphatic rings. The first-order chi connectivity index (χ1) is 7.15. The van der Waals surface area contributed by atoms with E-state index in [0.717, 1.165) is 0 Å². The number of halogens is 2. The van der Waals surface area contributed by atoms with Gasteiger partial charge in [-0.25, -0.2) is 0 Å². The molecule has 0 saturated carbocycles. The maximum Gasteiger partial charge on any atom is 0.162 e. The van der Waals surface area contributed by atoms with Crippen LogP contribution in [0.1, 0.15) is 0 Å². The van der Waals surface area contributed by atoms with Crippen molar-refractivity contribution in [2.24, 2.45) is 0 Å². The molecule has 0 bridgehead atoms. The Morgan fingerprint density at radius 3 is 2.40 bits per heavy atom. The zero-order chi connectivity index (χ0) is 11.3. The van der Waals surface area contributed by atoms with Gasteiger partial charge in [-0.3, -0.25) is 4.79 Å². The molecule has 76 valence electrons. The van der Waals surface area contributed by atoms with Crippen LogP contribution in [-0.4, -0.2) is 6.29 Å². The van der Waals surface area contributed by atoms with Gasteiger partial charge in [0.25, 0.3) is 0 Å². The molecule has 15 heavy (non-hydrogen) atoms. The first-order valence-electron chi connectivity index (χ1n) is 3.94. The van der Waals surface area contributed by atoms with E-state index < -0.39 is 0 Å². The Morgan fingerprint density at radius 2 is 1.93 bits per heavy atom. The van der Waals surface area contributed by atoms with E-state index in [1.54, 1.807) is 24.3 Å². The molecule has 1 N–H and O–H groups in total. The van der Waals surface area contributed by atoms with E-state index in [2.05, 4.69) is 5.32 Å². The van der Waals surface area contributed by atoms with Gasteiger partial charge < -0.3 is 5.32 Å². The third kappa shape index (κ3) is 3.62. The third-order valence-corrected chi connectivity index (χ3v) is 1.95. The van der Waals surface area contributed by atoms with Crippen molar-refractivity contribution in [2.45, 2.75) is 0 Å². The van der Waals surface area contributed by atoms with Gasteiger partial charge in [0.15, 0.2) is 6.29 Å². The average molecular weight is 241 g/mol. The second kappa shape index (κ2) is 5.40. The van der Waals surface area contributed by atoms with E-state index in [9.17, 15) is 4.79 Å². The van der Waals surface area contributed by atoms with E-state index in [1.165, 1.54) is 6.20 Å². The van der Waals surface area contributed by atoms with E-state index in [0.29, 0.717) is 22.0 Å². The smallest absolute Gasteiger partial charge is 0.162 e. The molecule has 0 aromatic heterocycles. The summed E-state index contributed by atoms with van der Waals surface area (Å²) in [6, 6.07) is 6.56. The second-order valence-corrected chi connectivity index (χ2v) is 3.50. The van der Waals surface area contributed by atoms with Gasteiger partial charge in [0.1, 0.15) is 11.6 Å². The highest BCUT2D eigenvalue weighted by atomic mass is 35.5. The molecular weight excluding hydrogens is 235 g/mol. The van der Waals surface area contributed by atoms with Crippen molar-refractivity contribution in [1.82, 2.24) is 0 Å². The summed E-state index contributed by atoms with van der Waals surface area (Å²) in [6.07, 6.45) is 1.74. The van der Waals surface area contributed by atoms with Gasteiger partial charge >= 0.3 is 0 Å². The number of carbonyl (C=O) groups is 1. The van der Waals surface area contributed by atoms with E-state index in [4.69, 9.17) is 28.5 Å². The highest BCUT2D eigenvalue weighted by Crippen LogP contribution is 2.22. The molecule has 0 fully saturated rings. The van der Waals surface area contributed by atoms with Crippen LogP contribution in [0.15, 0.2) is 30.0 Å². The molecule has 5 heteroatoms. The Bertz CT molecular complexity index is 429. The van der Waals surface area contributed by atoms with Gasteiger partial charge in [-0.05, 0) is 18.2 Å². The van der Waals surface area contributed by atoms with E-state index in [1.807, 2.05) is 0 Å². The minimum atomic E-state index is -0.00824. The lowest BCUT2D eigenvalue weighted by atomic mass is 10.3. The lowest BCUT2D eigenvalue weighted by Gasteiger charge is -2.02. The third-order valence-electron chi connectivity index (χ3n) is 1.51. The molecule has 0 aliphatic heterocycles. The molecule has 1 rings (SSSR count). The standard InChI is InChI=1S/C10H6Cl2N2O/c11-8-1-9(12)3-10(2-8)14-5-7(4-13)6-15/h1-3,5-6,14H/b7-5-. The zero-order valence-corrected chi connectivity index (χ0v) is 9.01. The van der Waals surface area contributed by atoms with Gasteiger partial charge in [0.2, 0.25) is 0 Å². The number of aldehydes is 1. The molecule has 0 aliphatic carbocycles. The Kier molecular flexibility index (Phi) is 4.17. The number of hydrogen-bond acceptors (Lipinski definition) is 3. The Morgan fingerprint density at radius 1 is 1.33 bits per heavy atom. The van der Waals surface area contributed by atoms with Crippen molar-refractivity contribution in [3.05, 3.63) is 40.0 Å². The predicted octanol–water partition coefficient (Wildman–Crippen LogP) is 3.01. The van der Waals surface area contributed by atoms with E-state index >= 15 is 0 Å². The number of benzene rings is 1. The molecule has 0 heterocycles. The molecule has 0 spiro atoms. The monoisotopic (exact) mass is 240 g/mol. The zero-order valence-electron chi connectivity index (χ0n) is 7.50. The normalized spacial score (nSPS) is 10.6. The highest BCUT2D eigenvalue weighted by molar-refractivity contribution is 6.35. The fraction of sp³-hybridized carbons (Fsp3) is 0. The van der Waals surface area contributed by atoms with Crippen LogP contribution in [0.5, 0.6) is 0 Å². The lowest BCUT2D eigenvalue weighted by Crippen LogP contribution is -1.91. The quantitative estimate of drug-likeness (QED) is 0.502. The summed E-state index contributed by atoms with van der Waals surface area (Å²) in [5, 5.41) is 12.2. The SMILES string of the molecule is N#C/C(C=O)=C/Nc1cc(Cl)cc(Cl)c1. The van der Waals surface area contributed by atoms with Crippen LogP contribution in [0.3, 0.4) is 0 Å².